The van der Waals surface area contributed by atoms with E-state index in [2.05, 4.69) is 41.7 Å². The van der Waals surface area contributed by atoms with Gasteiger partial charge in [0.05, 0.1) is 0 Å². The molecule has 3 rings (SSSR count). The number of nitrogens with one attached hydrogen (secondary N) is 1. The number of aliphatic carboxylic acids is 4. The maximum Gasteiger partial charge on any atom is 0.328 e. The number of nitrogens with zero attached hydrogens (tertiary/aromatic N) is 1. The zero-order valence-corrected chi connectivity index (χ0v) is 20.5. The van der Waals surface area contributed by atoms with Crippen molar-refractivity contribution in [2.75, 3.05) is 32.9 Å². The molecule has 0 aromatic heterocycles. The Morgan fingerprint density at radius 1 is 0.971 bits per heavy atom. The largest absolute Gasteiger partial charge is 0.478 e. The quantitative estimate of drug-likeness (QED) is 0.281. The summed E-state index contributed by atoms with van der Waals surface area (Å²) < 4.78 is 0. The van der Waals surface area contributed by atoms with Crippen LogP contribution in [0.1, 0.15) is 17.5 Å². The summed E-state index contributed by atoms with van der Waals surface area (Å²) in [5.41, 5.74) is 3.22. The molecule has 1 aromatic rings. The van der Waals surface area contributed by atoms with Crippen LogP contribution in [0.15, 0.2) is 47.4 Å². The van der Waals surface area contributed by atoms with E-state index in [0.29, 0.717) is 24.3 Å². The third kappa shape index (κ3) is 11.7. The molecular formula is C24H32N2O8S. The number of hydrogen-bond donors (Lipinski definition) is 5. The SMILES string of the molecule is CSc1cccc2c1CC(C1CNCCN1C)CC2.O=C(O)/C=C\C(=O)O.O=C(O)/C=C\C(=O)O. The van der Waals surface area contributed by atoms with Gasteiger partial charge >= 0.3 is 23.9 Å². The molecule has 192 valence electrons. The van der Waals surface area contributed by atoms with E-state index in [9.17, 15) is 19.2 Å². The molecule has 1 heterocycles. The molecule has 10 nitrogen and oxygen atoms in total. The molecule has 1 aliphatic heterocycles. The number of likely N-dealkylation sites (N-methyl/N-ethyl adjacent to an activating group) is 1. The minimum absolute atomic E-state index is 0.558. The fourth-order valence-electron chi connectivity index (χ4n) is 3.94. The van der Waals surface area contributed by atoms with Gasteiger partial charge in [-0.3, -0.25) is 0 Å². The van der Waals surface area contributed by atoms with E-state index >= 15 is 0 Å². The minimum Gasteiger partial charge on any atom is -0.478 e. The maximum atomic E-state index is 9.55. The molecule has 11 heteroatoms. The normalized spacial score (nSPS) is 19.6. The van der Waals surface area contributed by atoms with Crippen molar-refractivity contribution in [1.29, 1.82) is 0 Å². The van der Waals surface area contributed by atoms with Crippen LogP contribution in [0.5, 0.6) is 0 Å². The Morgan fingerprint density at radius 3 is 1.97 bits per heavy atom. The second kappa shape index (κ2) is 15.7. The summed E-state index contributed by atoms with van der Waals surface area (Å²) in [6, 6.07) is 7.55. The standard InChI is InChI=1S/C16H24N2S.2C4H4O4/c1-18-9-8-17-11-15(18)13-7-6-12-4-3-5-16(19-2)14(12)10-13;2*5-3(6)1-2-4(7)8/h3-5,13,15,17H,6-11H2,1-2H3;2*1-2H,(H,5,6)(H,7,8)/b;2*2-1-. The van der Waals surface area contributed by atoms with Crippen LogP contribution >= 0.6 is 11.8 Å². The van der Waals surface area contributed by atoms with Gasteiger partial charge in [0.2, 0.25) is 0 Å². The number of hydrogen-bond acceptors (Lipinski definition) is 7. The van der Waals surface area contributed by atoms with Crippen LogP contribution in [-0.4, -0.2) is 88.2 Å². The Balaban J connectivity index is 0.000000320. The Bertz CT molecular complexity index is 867. The number of thioether (sulfide) groups is 1. The van der Waals surface area contributed by atoms with E-state index in [1.165, 1.54) is 30.7 Å². The molecule has 2 unspecified atom stereocenters. The third-order valence-corrected chi connectivity index (χ3v) is 6.37. The van der Waals surface area contributed by atoms with E-state index in [1.807, 2.05) is 11.8 Å². The molecule has 0 bridgehead atoms. The van der Waals surface area contributed by atoms with Crippen LogP contribution in [0.25, 0.3) is 0 Å². The van der Waals surface area contributed by atoms with Crippen LogP contribution in [0.4, 0.5) is 0 Å². The molecule has 0 spiro atoms. The Labute approximate surface area is 208 Å². The van der Waals surface area contributed by atoms with E-state index in [1.54, 1.807) is 11.1 Å². The zero-order valence-electron chi connectivity index (χ0n) is 19.7. The molecule has 0 saturated carbocycles. The van der Waals surface area contributed by atoms with Crippen molar-refractivity contribution in [3.8, 4) is 0 Å². The van der Waals surface area contributed by atoms with Gasteiger partial charge in [-0.2, -0.15) is 0 Å². The molecule has 0 radical (unpaired) electrons. The highest BCUT2D eigenvalue weighted by atomic mass is 32.2. The van der Waals surface area contributed by atoms with Gasteiger partial charge in [-0.15, -0.1) is 11.8 Å². The predicted molar refractivity (Wildman–Crippen MR) is 132 cm³/mol. The first-order valence-electron chi connectivity index (χ1n) is 10.9. The summed E-state index contributed by atoms with van der Waals surface area (Å²) in [5.74, 6) is -4.21. The Morgan fingerprint density at radius 2 is 1.51 bits per heavy atom. The molecule has 0 amide bonds. The van der Waals surface area contributed by atoms with Gasteiger partial charge < -0.3 is 30.6 Å². The first-order valence-corrected chi connectivity index (χ1v) is 12.1. The number of carbonyl (C=O) groups is 4. The van der Waals surface area contributed by atoms with Gasteiger partial charge in [0.1, 0.15) is 0 Å². The highest BCUT2D eigenvalue weighted by Crippen LogP contribution is 2.34. The first kappa shape index (κ1) is 29.9. The summed E-state index contributed by atoms with van der Waals surface area (Å²) in [6.07, 6.45) is 8.31. The molecule has 35 heavy (non-hydrogen) atoms. The summed E-state index contributed by atoms with van der Waals surface area (Å²) in [6.45, 7) is 3.50. The molecule has 1 fully saturated rings. The number of benzene rings is 1. The third-order valence-electron chi connectivity index (χ3n) is 5.54. The summed E-state index contributed by atoms with van der Waals surface area (Å²) in [7, 11) is 2.29. The van der Waals surface area contributed by atoms with Crippen LogP contribution in [0.3, 0.4) is 0 Å². The predicted octanol–water partition coefficient (Wildman–Crippen LogP) is 1.84. The lowest BCUT2D eigenvalue weighted by atomic mass is 9.79. The summed E-state index contributed by atoms with van der Waals surface area (Å²) in [4.78, 5) is 42.3. The van der Waals surface area contributed by atoms with Crippen molar-refractivity contribution >= 4 is 35.6 Å². The van der Waals surface area contributed by atoms with Crippen LogP contribution < -0.4 is 5.32 Å². The molecule has 1 aromatic carbocycles. The number of aryl methyl sites for hydroxylation is 1. The number of fused-ring (bicyclic) bond motifs is 1. The minimum atomic E-state index is -1.26. The highest BCUT2D eigenvalue weighted by molar-refractivity contribution is 7.98. The van der Waals surface area contributed by atoms with Crippen molar-refractivity contribution in [2.45, 2.75) is 30.2 Å². The second-order valence-electron chi connectivity index (χ2n) is 7.87. The lowest BCUT2D eigenvalue weighted by molar-refractivity contribution is -0.134. The van der Waals surface area contributed by atoms with Crippen molar-refractivity contribution < 1.29 is 39.6 Å². The Kier molecular flexibility index (Phi) is 13.4. The van der Waals surface area contributed by atoms with Crippen molar-refractivity contribution in [1.82, 2.24) is 10.2 Å². The first-order chi connectivity index (χ1) is 16.5. The number of carboxylic acids is 4. The van der Waals surface area contributed by atoms with Crippen molar-refractivity contribution in [2.24, 2.45) is 5.92 Å². The van der Waals surface area contributed by atoms with Crippen LogP contribution in [-0.2, 0) is 32.0 Å². The van der Waals surface area contributed by atoms with E-state index in [4.69, 9.17) is 20.4 Å². The number of piperazine rings is 1. The molecule has 1 aliphatic carbocycles. The highest BCUT2D eigenvalue weighted by Gasteiger charge is 2.31. The molecule has 2 aliphatic rings. The molecule has 5 N–H and O–H groups in total. The lowest BCUT2D eigenvalue weighted by Crippen LogP contribution is -2.53. The summed E-state index contributed by atoms with van der Waals surface area (Å²) >= 11 is 1.90. The molecular weight excluding hydrogens is 476 g/mol. The van der Waals surface area contributed by atoms with Crippen LogP contribution in [0, 0.1) is 5.92 Å². The number of rotatable bonds is 6. The van der Waals surface area contributed by atoms with Gasteiger partial charge in [-0.25, -0.2) is 19.2 Å². The van der Waals surface area contributed by atoms with Gasteiger partial charge in [0.15, 0.2) is 0 Å². The zero-order chi connectivity index (χ0) is 26.4. The Hall–Kier alpha value is -3.15. The second-order valence-corrected chi connectivity index (χ2v) is 8.72. The average Bonchev–Trinajstić information content (AvgIpc) is 2.82. The van der Waals surface area contributed by atoms with Crippen molar-refractivity contribution in [3.63, 3.8) is 0 Å². The smallest absolute Gasteiger partial charge is 0.328 e. The maximum absolute atomic E-state index is 9.55. The average molecular weight is 509 g/mol. The van der Waals surface area contributed by atoms with E-state index < -0.39 is 23.9 Å². The fraction of sp³-hybridized carbons (Fsp3) is 0.417. The molecule has 2 atom stereocenters. The van der Waals surface area contributed by atoms with Crippen LogP contribution in [0.2, 0.25) is 0 Å². The van der Waals surface area contributed by atoms with Crippen molar-refractivity contribution in [3.05, 3.63) is 53.6 Å². The van der Waals surface area contributed by atoms with Gasteiger partial charge in [-0.1, -0.05) is 12.1 Å². The van der Waals surface area contributed by atoms with Gasteiger partial charge in [0.25, 0.3) is 0 Å². The van der Waals surface area contributed by atoms with E-state index in [0.717, 1.165) is 25.0 Å². The topological polar surface area (TPSA) is 164 Å². The van der Waals surface area contributed by atoms with E-state index in [-0.39, 0.29) is 0 Å². The number of carboxylic acid groups (broad SMARTS) is 4. The van der Waals surface area contributed by atoms with Gasteiger partial charge in [-0.05, 0) is 55.7 Å². The molecule has 1 saturated heterocycles. The fourth-order valence-corrected chi connectivity index (χ4v) is 4.62. The lowest BCUT2D eigenvalue weighted by Gasteiger charge is -2.40. The monoisotopic (exact) mass is 508 g/mol. The summed E-state index contributed by atoms with van der Waals surface area (Å²) in [5, 5.41) is 34.8. The van der Waals surface area contributed by atoms with Gasteiger partial charge in [0, 0.05) is 54.9 Å².